The van der Waals surface area contributed by atoms with Crippen molar-refractivity contribution in [2.24, 2.45) is 0 Å². The molecule has 5 heteroatoms. The zero-order valence-corrected chi connectivity index (χ0v) is 51.6. The highest BCUT2D eigenvalue weighted by Gasteiger charge is 2.23. The first-order chi connectivity index (χ1) is 47.1. The van der Waals surface area contributed by atoms with Crippen LogP contribution in [0.1, 0.15) is 0 Å². The van der Waals surface area contributed by atoms with E-state index < -0.39 is 0 Å². The average molecular weight is 1210 g/mol. The molecular formula is C90H57N5. The second-order valence-electron chi connectivity index (χ2n) is 25.2. The van der Waals surface area contributed by atoms with Crippen LogP contribution in [0.2, 0.25) is 0 Å². The lowest BCUT2D eigenvalue weighted by molar-refractivity contribution is 1.10. The molecule has 5 heterocycles. The van der Waals surface area contributed by atoms with E-state index in [2.05, 4.69) is 369 Å². The number of benzene rings is 15. The van der Waals surface area contributed by atoms with Gasteiger partial charge in [-0.05, 0) is 172 Å². The first-order valence-electron chi connectivity index (χ1n) is 32.7. The molecule has 0 unspecified atom stereocenters. The lowest BCUT2D eigenvalue weighted by Crippen LogP contribution is -2.03. The third-order valence-corrected chi connectivity index (χ3v) is 20.0. The fourth-order valence-electron chi connectivity index (χ4n) is 15.8. The van der Waals surface area contributed by atoms with E-state index in [1.54, 1.807) is 0 Å². The van der Waals surface area contributed by atoms with Crippen LogP contribution in [0.4, 0.5) is 0 Å². The van der Waals surface area contributed by atoms with Gasteiger partial charge >= 0.3 is 0 Å². The van der Waals surface area contributed by atoms with E-state index in [9.17, 15) is 0 Å². The molecule has 20 aromatic rings. The van der Waals surface area contributed by atoms with E-state index in [-0.39, 0.29) is 0 Å². The summed E-state index contributed by atoms with van der Waals surface area (Å²) in [6.07, 6.45) is 0. The Hall–Kier alpha value is -12.7. The van der Waals surface area contributed by atoms with Crippen LogP contribution in [0, 0.1) is 0 Å². The third-order valence-electron chi connectivity index (χ3n) is 20.0. The number of hydrogen-bond acceptors (Lipinski definition) is 0. The Balaban J connectivity index is 0.747. The van der Waals surface area contributed by atoms with E-state index in [1.165, 1.54) is 98.2 Å². The lowest BCUT2D eigenvalue weighted by Gasteiger charge is -2.17. The van der Waals surface area contributed by atoms with E-state index in [0.717, 1.165) is 83.8 Å². The van der Waals surface area contributed by atoms with Crippen molar-refractivity contribution in [3.8, 4) is 72.9 Å². The van der Waals surface area contributed by atoms with Gasteiger partial charge in [0.15, 0.2) is 0 Å². The molecule has 0 bridgehead atoms. The van der Waals surface area contributed by atoms with Gasteiger partial charge in [0.1, 0.15) is 0 Å². The molecule has 0 aliphatic rings. The van der Waals surface area contributed by atoms with Crippen LogP contribution < -0.4 is 0 Å². The molecule has 442 valence electrons. The second kappa shape index (κ2) is 20.9. The molecule has 5 nitrogen and oxygen atoms in total. The predicted octanol–water partition coefficient (Wildman–Crippen LogP) is 23.8. The Morgan fingerprint density at radius 3 is 0.621 bits per heavy atom. The minimum absolute atomic E-state index is 1.07. The Bertz CT molecular complexity index is 6140. The van der Waals surface area contributed by atoms with Crippen LogP contribution in [0.15, 0.2) is 346 Å². The molecule has 0 aliphatic carbocycles. The fourth-order valence-corrected chi connectivity index (χ4v) is 15.8. The van der Waals surface area contributed by atoms with Gasteiger partial charge in [-0.15, -0.1) is 0 Å². The molecular weight excluding hydrogens is 1150 g/mol. The van der Waals surface area contributed by atoms with Crippen molar-refractivity contribution in [1.82, 2.24) is 22.8 Å². The minimum atomic E-state index is 1.07. The molecule has 0 fully saturated rings. The Kier molecular flexibility index (Phi) is 11.7. The van der Waals surface area contributed by atoms with Crippen LogP contribution in [0.3, 0.4) is 0 Å². The number of fused-ring (bicyclic) bond motifs is 15. The molecule has 0 spiro atoms. The second-order valence-corrected chi connectivity index (χ2v) is 25.2. The summed E-state index contributed by atoms with van der Waals surface area (Å²) in [7, 11) is 0. The van der Waals surface area contributed by atoms with E-state index >= 15 is 0 Å². The molecule has 0 radical (unpaired) electrons. The highest BCUT2D eigenvalue weighted by molar-refractivity contribution is 6.15. The maximum Gasteiger partial charge on any atom is 0.0541 e. The van der Waals surface area contributed by atoms with Crippen molar-refractivity contribution in [2.45, 2.75) is 0 Å². The summed E-state index contributed by atoms with van der Waals surface area (Å²) < 4.78 is 12.3. The monoisotopic (exact) mass is 1210 g/mol. The number of aromatic nitrogens is 5. The van der Waals surface area contributed by atoms with Gasteiger partial charge < -0.3 is 22.8 Å². The number of rotatable bonds is 9. The summed E-state index contributed by atoms with van der Waals surface area (Å²) in [5.74, 6) is 0. The summed E-state index contributed by atoms with van der Waals surface area (Å²) >= 11 is 0. The quantitative estimate of drug-likeness (QED) is 0.138. The Labute approximate surface area is 547 Å². The average Bonchev–Trinajstić information content (AvgIpc) is 1.60. The summed E-state index contributed by atoms with van der Waals surface area (Å²) in [4.78, 5) is 0. The van der Waals surface area contributed by atoms with Crippen molar-refractivity contribution in [3.63, 3.8) is 0 Å². The van der Waals surface area contributed by atoms with Crippen LogP contribution in [-0.4, -0.2) is 22.8 Å². The Morgan fingerprint density at radius 2 is 0.326 bits per heavy atom. The number of hydrogen-bond donors (Lipinski definition) is 0. The van der Waals surface area contributed by atoms with Gasteiger partial charge in [0, 0.05) is 65.2 Å². The molecule has 95 heavy (non-hydrogen) atoms. The van der Waals surface area contributed by atoms with Gasteiger partial charge in [-0.1, -0.05) is 218 Å². The molecule has 15 aromatic carbocycles. The van der Waals surface area contributed by atoms with Crippen molar-refractivity contribution >= 4 is 109 Å². The lowest BCUT2D eigenvalue weighted by atomic mass is 10.0. The molecule has 0 atom stereocenters. The van der Waals surface area contributed by atoms with Gasteiger partial charge in [0.05, 0.1) is 72.2 Å². The predicted molar refractivity (Wildman–Crippen MR) is 400 cm³/mol. The molecule has 0 N–H and O–H groups in total. The highest BCUT2D eigenvalue weighted by atomic mass is 15.0. The SMILES string of the molecule is c1ccc(-c2ccc3c(c2)c2ccccc2n3-c2cccc(-c3ccc4c(c3)c3ccccc3n4-c3cc(-n4c5ccccc5c5ccccc54)cc(-n4c5ccccc5c5cc(-c6cccc(-n7c8ccccc8c8cc(-c9ccccc9)ccc87)c6)ccc54)c3)c2)cc1. The normalized spacial score (nSPS) is 12.0. The van der Waals surface area contributed by atoms with E-state index in [0.29, 0.717) is 0 Å². The van der Waals surface area contributed by atoms with Gasteiger partial charge in [0.25, 0.3) is 0 Å². The standard InChI is InChI=1S/C90H57N5/c1-3-21-58(22-4-1)62-41-45-87-77(51-62)73-31-9-15-37-83(73)91(87)66-27-19-25-60(49-66)64-43-47-89-79(53-64)75-33-11-17-39-85(75)94(89)69-55-68(93-81-35-13-7-29-71(81)72-30-8-14-36-82(72)93)56-70(57-69)95-86-40-18-12-34-76(86)80-54-65(44-48-90(80)95)61-26-20-28-67(50-61)92-84-38-16-10-32-74(84)78-52-63(42-46-88(78)92)59-23-5-2-6-24-59/h1-57H. The zero-order valence-electron chi connectivity index (χ0n) is 51.6. The summed E-state index contributed by atoms with van der Waals surface area (Å²) in [5, 5.41) is 12.2. The molecule has 0 aliphatic heterocycles. The van der Waals surface area contributed by atoms with Gasteiger partial charge in [-0.2, -0.15) is 0 Å². The van der Waals surface area contributed by atoms with Crippen molar-refractivity contribution in [2.75, 3.05) is 0 Å². The van der Waals surface area contributed by atoms with Crippen LogP contribution in [0.25, 0.3) is 182 Å². The van der Waals surface area contributed by atoms with Gasteiger partial charge in [-0.25, -0.2) is 0 Å². The van der Waals surface area contributed by atoms with Crippen molar-refractivity contribution in [1.29, 1.82) is 0 Å². The highest BCUT2D eigenvalue weighted by Crippen LogP contribution is 2.44. The van der Waals surface area contributed by atoms with Crippen molar-refractivity contribution in [3.05, 3.63) is 346 Å². The molecule has 0 saturated carbocycles. The van der Waals surface area contributed by atoms with Crippen LogP contribution in [-0.2, 0) is 0 Å². The first-order valence-corrected chi connectivity index (χ1v) is 32.7. The third kappa shape index (κ3) is 8.23. The molecule has 20 rings (SSSR count). The van der Waals surface area contributed by atoms with E-state index in [1.807, 2.05) is 0 Å². The fraction of sp³-hybridized carbons (Fsp3) is 0. The van der Waals surface area contributed by atoms with Crippen LogP contribution >= 0.6 is 0 Å². The summed E-state index contributed by atoms with van der Waals surface area (Å²) in [6.45, 7) is 0. The van der Waals surface area contributed by atoms with Crippen LogP contribution in [0.5, 0.6) is 0 Å². The first kappa shape index (κ1) is 53.0. The summed E-state index contributed by atoms with van der Waals surface area (Å²) in [5.41, 5.74) is 26.6. The molecule has 0 amide bonds. The minimum Gasteiger partial charge on any atom is -0.309 e. The van der Waals surface area contributed by atoms with Crippen molar-refractivity contribution < 1.29 is 0 Å². The molecule has 5 aromatic heterocycles. The number of nitrogens with zero attached hydrogens (tertiary/aromatic N) is 5. The zero-order chi connectivity index (χ0) is 62.2. The maximum absolute atomic E-state index is 2.49. The van der Waals surface area contributed by atoms with Gasteiger partial charge in [-0.3, -0.25) is 0 Å². The smallest absolute Gasteiger partial charge is 0.0541 e. The number of para-hydroxylation sites is 6. The van der Waals surface area contributed by atoms with E-state index in [4.69, 9.17) is 0 Å². The summed E-state index contributed by atoms with van der Waals surface area (Å²) in [6, 6.07) is 128. The molecule has 0 saturated heterocycles. The maximum atomic E-state index is 2.49. The Morgan fingerprint density at radius 1 is 0.116 bits per heavy atom. The van der Waals surface area contributed by atoms with Gasteiger partial charge in [0.2, 0.25) is 0 Å². The topological polar surface area (TPSA) is 24.6 Å². The largest absolute Gasteiger partial charge is 0.309 e.